The van der Waals surface area contributed by atoms with Gasteiger partial charge in [-0.25, -0.2) is 0 Å². The van der Waals surface area contributed by atoms with Crippen LogP contribution in [0.5, 0.6) is 0 Å². The Hall–Kier alpha value is -0.720. The molecule has 0 saturated carbocycles. The highest BCUT2D eigenvalue weighted by Crippen LogP contribution is 2.17. The summed E-state index contributed by atoms with van der Waals surface area (Å²) in [6.45, 7) is 2.30. The van der Waals surface area contributed by atoms with Crippen LogP contribution in [0.15, 0.2) is 24.0 Å². The molecule has 0 N–H and O–H groups in total. The number of hydrogen-bond donors (Lipinski definition) is 0. The van der Waals surface area contributed by atoms with Crippen molar-refractivity contribution < 1.29 is 0 Å². The maximum Gasteiger partial charge on any atom is 0.0404 e. The van der Waals surface area contributed by atoms with Crippen molar-refractivity contribution in [1.29, 1.82) is 0 Å². The molecule has 0 fully saturated rings. The Morgan fingerprint density at radius 1 is 0.424 bits per heavy atom. The summed E-state index contributed by atoms with van der Waals surface area (Å²) in [7, 11) is 0. The average Bonchev–Trinajstić information content (AvgIpc) is 3.35. The predicted octanol–water partition coefficient (Wildman–Crippen LogP) is 11.6. The van der Waals surface area contributed by atoms with Gasteiger partial charge in [0, 0.05) is 11.9 Å². The maximum absolute atomic E-state index is 4.35. The zero-order valence-corrected chi connectivity index (χ0v) is 22.8. The molecule has 0 aromatic carbocycles. The van der Waals surface area contributed by atoms with Gasteiger partial charge in [0.1, 0.15) is 0 Å². The largest absolute Gasteiger partial charge is 0.261 e. The lowest BCUT2D eigenvalue weighted by molar-refractivity contribution is 0.515. The van der Waals surface area contributed by atoms with E-state index in [2.05, 4.69) is 24.4 Å². The van der Waals surface area contributed by atoms with Crippen LogP contribution in [0.4, 0.5) is 0 Å². The highest BCUT2D eigenvalue weighted by molar-refractivity contribution is 5.19. The van der Waals surface area contributed by atoms with Crippen LogP contribution in [0.3, 0.4) is 0 Å². The van der Waals surface area contributed by atoms with E-state index in [9.17, 15) is 0 Å². The van der Waals surface area contributed by atoms with Gasteiger partial charge in [-0.1, -0.05) is 167 Å². The summed E-state index contributed by atoms with van der Waals surface area (Å²) >= 11 is 0. The van der Waals surface area contributed by atoms with E-state index < -0.39 is 0 Å². The zero-order valence-electron chi connectivity index (χ0n) is 22.8. The smallest absolute Gasteiger partial charge is 0.0404 e. The van der Waals surface area contributed by atoms with Gasteiger partial charge in [0.05, 0.1) is 0 Å². The normalized spacial score (nSPS) is 12.9. The fourth-order valence-corrected chi connectivity index (χ4v) is 5.11. The molecule has 1 aliphatic heterocycles. The van der Waals surface area contributed by atoms with Crippen molar-refractivity contribution in [2.45, 2.75) is 180 Å². The fraction of sp³-hybridized carbons (Fsp3) is 0.875. The third-order valence-electron chi connectivity index (χ3n) is 7.40. The summed E-state index contributed by atoms with van der Waals surface area (Å²) in [5, 5.41) is 4.35. The van der Waals surface area contributed by atoms with Crippen molar-refractivity contribution in [3.8, 4) is 0 Å². The van der Waals surface area contributed by atoms with Crippen molar-refractivity contribution in [2.24, 2.45) is 0 Å². The van der Waals surface area contributed by atoms with Crippen LogP contribution in [0.25, 0.3) is 0 Å². The molecule has 1 radical (unpaired) electrons. The molecule has 0 atom stereocenters. The van der Waals surface area contributed by atoms with E-state index in [0.717, 1.165) is 0 Å². The van der Waals surface area contributed by atoms with Gasteiger partial charge in [-0.05, 0) is 25.0 Å². The minimum absolute atomic E-state index is 1.17. The molecule has 1 heterocycles. The summed E-state index contributed by atoms with van der Waals surface area (Å²) in [5.41, 5.74) is 1.28. The lowest BCUT2D eigenvalue weighted by Gasteiger charge is -2.04. The van der Waals surface area contributed by atoms with E-state index >= 15 is 0 Å². The van der Waals surface area contributed by atoms with Crippen LogP contribution in [0.1, 0.15) is 180 Å². The van der Waals surface area contributed by atoms with E-state index in [1.807, 2.05) is 6.20 Å². The molecular formula is C32H60N. The molecule has 0 unspecified atom stereocenters. The molecule has 0 aromatic rings. The number of rotatable bonds is 27. The molecule has 0 saturated heterocycles. The Balaban J connectivity index is 1.61. The molecule has 1 heteroatoms. The quantitative estimate of drug-likeness (QED) is 0.109. The van der Waals surface area contributed by atoms with Crippen LogP contribution in [-0.2, 0) is 0 Å². The number of nitrogens with zero attached hydrogens (tertiary/aromatic N) is 1. The van der Waals surface area contributed by atoms with Gasteiger partial charge in [0.2, 0.25) is 0 Å². The van der Waals surface area contributed by atoms with Crippen molar-refractivity contribution >= 4 is 0 Å². The van der Waals surface area contributed by atoms with Crippen LogP contribution in [0, 0.1) is 0 Å². The molecule has 0 amide bonds. The van der Waals surface area contributed by atoms with Crippen molar-refractivity contribution in [3.63, 3.8) is 0 Å². The first-order valence-corrected chi connectivity index (χ1v) is 15.5. The molecule has 1 aliphatic rings. The molecule has 1 rings (SSSR count). The van der Waals surface area contributed by atoms with Gasteiger partial charge < -0.3 is 0 Å². The van der Waals surface area contributed by atoms with Crippen molar-refractivity contribution in [1.82, 2.24) is 5.32 Å². The molecule has 0 spiro atoms. The molecular weight excluding hydrogens is 398 g/mol. The molecule has 0 bridgehead atoms. The van der Waals surface area contributed by atoms with Gasteiger partial charge in [-0.2, -0.15) is 0 Å². The molecule has 1 nitrogen and oxygen atoms in total. The average molecular weight is 459 g/mol. The highest BCUT2D eigenvalue weighted by atomic mass is 14.9. The molecule has 33 heavy (non-hydrogen) atoms. The van der Waals surface area contributed by atoms with E-state index in [1.165, 1.54) is 179 Å². The Bertz CT molecular complexity index is 436. The number of hydrogen-bond acceptors (Lipinski definition) is 0. The van der Waals surface area contributed by atoms with Gasteiger partial charge >= 0.3 is 0 Å². The second-order valence-electron chi connectivity index (χ2n) is 10.7. The molecule has 193 valence electrons. The first kappa shape index (κ1) is 30.3. The SMILES string of the molecule is CCCCCCCCCCCCCCCCCCCCCCCCCCCCC1=CC=C[N]1. The standard InChI is InChI=1S/C32H60N/c1-2-3-4-5-6-7-8-9-10-11-12-13-14-15-16-17-18-19-20-21-22-23-24-25-26-27-29-32-30-28-31-33-32/h28,30-31H,2-27,29H2,1H3. The van der Waals surface area contributed by atoms with Gasteiger partial charge in [0.25, 0.3) is 0 Å². The summed E-state index contributed by atoms with van der Waals surface area (Å²) < 4.78 is 0. The summed E-state index contributed by atoms with van der Waals surface area (Å²) in [4.78, 5) is 0. The summed E-state index contributed by atoms with van der Waals surface area (Å²) in [6.07, 6.45) is 45.2. The highest BCUT2D eigenvalue weighted by Gasteiger charge is 2.00. The molecule has 0 aromatic heterocycles. The zero-order chi connectivity index (χ0) is 23.5. The Morgan fingerprint density at radius 2 is 0.727 bits per heavy atom. The first-order valence-electron chi connectivity index (χ1n) is 15.5. The second-order valence-corrected chi connectivity index (χ2v) is 10.7. The third-order valence-corrected chi connectivity index (χ3v) is 7.40. The van der Waals surface area contributed by atoms with E-state index in [1.54, 1.807) is 0 Å². The minimum Gasteiger partial charge on any atom is -0.261 e. The fourth-order valence-electron chi connectivity index (χ4n) is 5.11. The third kappa shape index (κ3) is 22.8. The second kappa shape index (κ2) is 25.9. The molecule has 0 aliphatic carbocycles. The van der Waals surface area contributed by atoms with E-state index in [4.69, 9.17) is 0 Å². The predicted molar refractivity (Wildman–Crippen MR) is 150 cm³/mol. The lowest BCUT2D eigenvalue weighted by Crippen LogP contribution is -1.92. The lowest BCUT2D eigenvalue weighted by atomic mass is 10.0. The Labute approximate surface area is 209 Å². The summed E-state index contributed by atoms with van der Waals surface area (Å²) in [6, 6.07) is 0. The Kier molecular flexibility index (Phi) is 23.8. The van der Waals surface area contributed by atoms with Crippen LogP contribution < -0.4 is 5.32 Å². The Morgan fingerprint density at radius 3 is 1.00 bits per heavy atom. The minimum atomic E-state index is 1.17. The number of unbranched alkanes of at least 4 members (excludes halogenated alkanes) is 25. The maximum atomic E-state index is 4.35. The first-order chi connectivity index (χ1) is 16.4. The van der Waals surface area contributed by atoms with Crippen molar-refractivity contribution in [3.05, 3.63) is 24.0 Å². The summed E-state index contributed by atoms with van der Waals surface area (Å²) in [5.74, 6) is 0. The topological polar surface area (TPSA) is 14.1 Å². The van der Waals surface area contributed by atoms with Gasteiger partial charge in [-0.3, -0.25) is 5.32 Å². The number of allylic oxidation sites excluding steroid dienone is 3. The van der Waals surface area contributed by atoms with Crippen LogP contribution >= 0.6 is 0 Å². The van der Waals surface area contributed by atoms with E-state index in [0.29, 0.717) is 0 Å². The van der Waals surface area contributed by atoms with Gasteiger partial charge in [0.15, 0.2) is 0 Å². The van der Waals surface area contributed by atoms with E-state index in [-0.39, 0.29) is 0 Å². The van der Waals surface area contributed by atoms with Gasteiger partial charge in [-0.15, -0.1) is 0 Å². The van der Waals surface area contributed by atoms with Crippen LogP contribution in [0.2, 0.25) is 0 Å². The van der Waals surface area contributed by atoms with Crippen molar-refractivity contribution in [2.75, 3.05) is 0 Å². The monoisotopic (exact) mass is 458 g/mol. The van der Waals surface area contributed by atoms with Crippen LogP contribution in [-0.4, -0.2) is 0 Å².